The van der Waals surface area contributed by atoms with Gasteiger partial charge in [0.2, 0.25) is 0 Å². The Morgan fingerprint density at radius 3 is 2.55 bits per heavy atom. The van der Waals surface area contributed by atoms with Crippen LogP contribution in [0.5, 0.6) is 11.5 Å². The lowest BCUT2D eigenvalue weighted by Crippen LogP contribution is -2.20. The number of aryl methyl sites for hydroxylation is 2. The number of carbonyl (C=O) groups is 1. The standard InChI is InChI=1S/C25H25ClN2O3/c1-4-30-23-14-19(15-27-22-11-10-17(2)12-18(22)3)13-21(26)25(23)31-16-24(29)28-20-8-6-5-7-9-20/h5-15H,4,16H2,1-3H3,(H,28,29). The first-order valence-electron chi connectivity index (χ1n) is 10.0. The van der Waals surface area contributed by atoms with Crippen LogP contribution in [0.1, 0.15) is 23.6 Å². The van der Waals surface area contributed by atoms with Crippen molar-refractivity contribution in [2.45, 2.75) is 20.8 Å². The first-order valence-corrected chi connectivity index (χ1v) is 10.4. The molecule has 0 aliphatic carbocycles. The van der Waals surface area contributed by atoms with Gasteiger partial charge in [0.1, 0.15) is 0 Å². The second-order valence-corrected chi connectivity index (χ2v) is 7.42. The van der Waals surface area contributed by atoms with Crippen LogP contribution < -0.4 is 14.8 Å². The number of rotatable bonds is 8. The van der Waals surface area contributed by atoms with Gasteiger partial charge in [-0.2, -0.15) is 0 Å². The number of hydrogen-bond acceptors (Lipinski definition) is 4. The van der Waals surface area contributed by atoms with Crippen molar-refractivity contribution in [3.05, 3.63) is 82.4 Å². The summed E-state index contributed by atoms with van der Waals surface area (Å²) in [7, 11) is 0. The third-order valence-electron chi connectivity index (χ3n) is 4.44. The Morgan fingerprint density at radius 2 is 1.84 bits per heavy atom. The molecule has 0 bridgehead atoms. The lowest BCUT2D eigenvalue weighted by Gasteiger charge is -2.14. The van der Waals surface area contributed by atoms with Gasteiger partial charge in [-0.25, -0.2) is 0 Å². The fourth-order valence-electron chi connectivity index (χ4n) is 3.02. The first kappa shape index (κ1) is 22.4. The SMILES string of the molecule is CCOc1cc(C=Nc2ccc(C)cc2C)cc(Cl)c1OCC(=O)Nc1ccccc1. The summed E-state index contributed by atoms with van der Waals surface area (Å²) in [6, 6.07) is 18.8. The summed E-state index contributed by atoms with van der Waals surface area (Å²) in [6.45, 7) is 6.19. The molecule has 0 atom stereocenters. The summed E-state index contributed by atoms with van der Waals surface area (Å²) < 4.78 is 11.4. The number of halogens is 1. The fourth-order valence-corrected chi connectivity index (χ4v) is 3.29. The smallest absolute Gasteiger partial charge is 0.262 e. The molecule has 1 amide bonds. The Balaban J connectivity index is 1.75. The van der Waals surface area contributed by atoms with Crippen LogP contribution in [0.2, 0.25) is 5.02 Å². The van der Waals surface area contributed by atoms with E-state index >= 15 is 0 Å². The molecule has 3 aromatic rings. The second-order valence-electron chi connectivity index (χ2n) is 7.01. The molecule has 160 valence electrons. The number of hydrogen-bond donors (Lipinski definition) is 1. The van der Waals surface area contributed by atoms with Crippen molar-refractivity contribution >= 4 is 35.1 Å². The van der Waals surface area contributed by atoms with Crippen LogP contribution >= 0.6 is 11.6 Å². The number of nitrogens with one attached hydrogen (secondary N) is 1. The van der Waals surface area contributed by atoms with Gasteiger partial charge in [0, 0.05) is 11.9 Å². The minimum atomic E-state index is -0.287. The molecular formula is C25H25ClN2O3. The molecule has 0 radical (unpaired) electrons. The number of nitrogens with zero attached hydrogens (tertiary/aromatic N) is 1. The second kappa shape index (κ2) is 10.6. The lowest BCUT2D eigenvalue weighted by atomic mass is 10.1. The van der Waals surface area contributed by atoms with Gasteiger partial charge in [-0.1, -0.05) is 47.5 Å². The van der Waals surface area contributed by atoms with Crippen LogP contribution in [0.3, 0.4) is 0 Å². The molecule has 0 aliphatic rings. The zero-order valence-corrected chi connectivity index (χ0v) is 18.6. The number of amides is 1. The van der Waals surface area contributed by atoms with Crippen LogP contribution in [-0.2, 0) is 4.79 Å². The summed E-state index contributed by atoms with van der Waals surface area (Å²) in [6.07, 6.45) is 1.73. The van der Waals surface area contributed by atoms with E-state index in [1.165, 1.54) is 5.56 Å². The highest BCUT2D eigenvalue weighted by Gasteiger charge is 2.14. The van der Waals surface area contributed by atoms with Gasteiger partial charge in [-0.3, -0.25) is 9.79 Å². The molecule has 0 aromatic heterocycles. The topological polar surface area (TPSA) is 59.9 Å². The van der Waals surface area contributed by atoms with E-state index in [1.807, 2.05) is 51.1 Å². The number of aliphatic imine (C=N–C) groups is 1. The number of anilines is 1. The maximum Gasteiger partial charge on any atom is 0.262 e. The molecule has 6 heteroatoms. The molecule has 0 saturated carbocycles. The number of para-hydroxylation sites is 1. The van der Waals surface area contributed by atoms with Crippen molar-refractivity contribution in [3.63, 3.8) is 0 Å². The van der Waals surface area contributed by atoms with Crippen molar-refractivity contribution in [2.24, 2.45) is 4.99 Å². The monoisotopic (exact) mass is 436 g/mol. The van der Waals surface area contributed by atoms with Crippen LogP contribution in [0, 0.1) is 13.8 Å². The zero-order valence-electron chi connectivity index (χ0n) is 17.8. The summed E-state index contributed by atoms with van der Waals surface area (Å²) >= 11 is 6.45. The van der Waals surface area contributed by atoms with E-state index in [4.69, 9.17) is 21.1 Å². The third-order valence-corrected chi connectivity index (χ3v) is 4.72. The van der Waals surface area contributed by atoms with E-state index in [0.29, 0.717) is 28.8 Å². The highest BCUT2D eigenvalue weighted by Crippen LogP contribution is 2.36. The predicted molar refractivity (Wildman–Crippen MR) is 126 cm³/mol. The minimum Gasteiger partial charge on any atom is -0.490 e. The molecule has 0 aliphatic heterocycles. The van der Waals surface area contributed by atoms with Crippen LogP contribution in [-0.4, -0.2) is 25.3 Å². The zero-order chi connectivity index (χ0) is 22.2. The van der Waals surface area contributed by atoms with Crippen molar-refractivity contribution < 1.29 is 14.3 Å². The Bertz CT molecular complexity index is 1080. The normalized spacial score (nSPS) is 10.8. The summed E-state index contributed by atoms with van der Waals surface area (Å²) in [4.78, 5) is 16.8. The van der Waals surface area contributed by atoms with E-state index in [1.54, 1.807) is 30.5 Å². The highest BCUT2D eigenvalue weighted by atomic mass is 35.5. The Hall–Kier alpha value is -3.31. The molecule has 3 aromatic carbocycles. The largest absolute Gasteiger partial charge is 0.490 e. The quantitative estimate of drug-likeness (QED) is 0.432. The number of carbonyl (C=O) groups excluding carboxylic acids is 1. The molecule has 1 N–H and O–H groups in total. The summed E-state index contributed by atoms with van der Waals surface area (Å²) in [5.74, 6) is 0.505. The minimum absolute atomic E-state index is 0.190. The molecule has 0 heterocycles. The van der Waals surface area contributed by atoms with E-state index in [0.717, 1.165) is 16.8 Å². The van der Waals surface area contributed by atoms with E-state index in [-0.39, 0.29) is 12.5 Å². The fraction of sp³-hybridized carbons (Fsp3) is 0.200. The van der Waals surface area contributed by atoms with Crippen LogP contribution in [0.15, 0.2) is 65.7 Å². The first-order chi connectivity index (χ1) is 15.0. The van der Waals surface area contributed by atoms with Gasteiger partial charge in [0.15, 0.2) is 18.1 Å². The number of benzene rings is 3. The molecular weight excluding hydrogens is 412 g/mol. The average Bonchev–Trinajstić information content (AvgIpc) is 2.73. The van der Waals surface area contributed by atoms with Gasteiger partial charge in [-0.15, -0.1) is 0 Å². The Kier molecular flexibility index (Phi) is 7.68. The average molecular weight is 437 g/mol. The third kappa shape index (κ3) is 6.33. The summed E-state index contributed by atoms with van der Waals surface area (Å²) in [5, 5.41) is 3.12. The van der Waals surface area contributed by atoms with E-state index < -0.39 is 0 Å². The molecule has 5 nitrogen and oxygen atoms in total. The predicted octanol–water partition coefficient (Wildman–Crippen LogP) is 6.12. The summed E-state index contributed by atoms with van der Waals surface area (Å²) in [5.41, 5.74) is 4.64. The maximum atomic E-state index is 12.2. The van der Waals surface area contributed by atoms with Gasteiger partial charge in [-0.05, 0) is 62.2 Å². The van der Waals surface area contributed by atoms with Gasteiger partial charge >= 0.3 is 0 Å². The van der Waals surface area contributed by atoms with Gasteiger partial charge < -0.3 is 14.8 Å². The van der Waals surface area contributed by atoms with Gasteiger partial charge in [0.25, 0.3) is 5.91 Å². The van der Waals surface area contributed by atoms with E-state index in [2.05, 4.69) is 16.4 Å². The molecule has 0 unspecified atom stereocenters. The lowest BCUT2D eigenvalue weighted by molar-refractivity contribution is -0.118. The Morgan fingerprint density at radius 1 is 1.06 bits per heavy atom. The van der Waals surface area contributed by atoms with Crippen molar-refractivity contribution in [3.8, 4) is 11.5 Å². The molecule has 0 fully saturated rings. The maximum absolute atomic E-state index is 12.2. The molecule has 3 rings (SSSR count). The van der Waals surface area contributed by atoms with Crippen molar-refractivity contribution in [1.82, 2.24) is 0 Å². The Labute approximate surface area is 187 Å². The highest BCUT2D eigenvalue weighted by molar-refractivity contribution is 6.32. The molecule has 0 spiro atoms. The van der Waals surface area contributed by atoms with E-state index in [9.17, 15) is 4.79 Å². The van der Waals surface area contributed by atoms with Crippen LogP contribution in [0.25, 0.3) is 0 Å². The molecule has 0 saturated heterocycles. The van der Waals surface area contributed by atoms with Crippen molar-refractivity contribution in [2.75, 3.05) is 18.5 Å². The van der Waals surface area contributed by atoms with Gasteiger partial charge in [0.05, 0.1) is 17.3 Å². The van der Waals surface area contributed by atoms with Crippen LogP contribution in [0.4, 0.5) is 11.4 Å². The van der Waals surface area contributed by atoms with Crippen molar-refractivity contribution in [1.29, 1.82) is 0 Å². The molecule has 31 heavy (non-hydrogen) atoms. The number of ether oxygens (including phenoxy) is 2.